The van der Waals surface area contributed by atoms with Crippen LogP contribution in [-0.2, 0) is 30.4 Å². The number of phenolic OH excluding ortho intramolecular Hbond substituents is 1. The molecule has 2 aromatic rings. The number of carbonyl (C=O) groups excluding carboxylic acids is 5. The average molecular weight is 1090 g/mol. The summed E-state index contributed by atoms with van der Waals surface area (Å²) in [5.74, 6) is -6.81. The number of aromatic hydroxyl groups is 1. The van der Waals surface area contributed by atoms with Gasteiger partial charge in [-0.25, -0.2) is 0 Å². The Morgan fingerprint density at radius 2 is 1.04 bits per heavy atom. The van der Waals surface area contributed by atoms with Gasteiger partial charge in [0.1, 0.15) is 11.5 Å². The van der Waals surface area contributed by atoms with E-state index in [4.69, 9.17) is 4.74 Å². The fourth-order valence-corrected chi connectivity index (χ4v) is 8.08. The number of ether oxygens (including phenoxy) is 1. The molecule has 1 N–H and O–H groups in total. The number of halogens is 4. The van der Waals surface area contributed by atoms with E-state index in [1.807, 2.05) is 90.4 Å². The third kappa shape index (κ3) is 13.7. The van der Waals surface area contributed by atoms with E-state index in [-0.39, 0.29) is 38.3 Å². The lowest BCUT2D eigenvalue weighted by molar-refractivity contribution is -0.314. The lowest BCUT2D eigenvalue weighted by Gasteiger charge is -2.36. The van der Waals surface area contributed by atoms with Gasteiger partial charge in [-0.2, -0.15) is 0 Å². The minimum atomic E-state index is -1.58. The standard InChI is InChI=1S/C27H29I4N3O12/c28-16-8-15(9-17(29)25(16)43)46-26-18(30)5-14(6-19(26)31)7-20(27(44)45)34(3-1-32(10-21(35)36)11-22(37)38)4-2-33(12-23(39)40)13-24(41)42/h5-6,8-9,20,43H,1-4,7,10-13H2,(H,35,36)(H,37,38)(H,39,40)(H,41,42)(H,44,45)/p-5. The van der Waals surface area contributed by atoms with Crippen LogP contribution in [0.4, 0.5) is 0 Å². The van der Waals surface area contributed by atoms with Crippen LogP contribution in [0.5, 0.6) is 17.2 Å². The van der Waals surface area contributed by atoms with Crippen LogP contribution in [0.15, 0.2) is 24.3 Å². The summed E-state index contributed by atoms with van der Waals surface area (Å²) >= 11 is 7.98. The Bertz CT molecular complexity index is 1340. The molecule has 0 radical (unpaired) electrons. The first-order valence-electron chi connectivity index (χ1n) is 13.0. The third-order valence-corrected chi connectivity index (χ3v) is 9.48. The lowest BCUT2D eigenvalue weighted by atomic mass is 10.0. The molecule has 0 bridgehead atoms. The van der Waals surface area contributed by atoms with Gasteiger partial charge in [0.15, 0.2) is 5.75 Å². The van der Waals surface area contributed by atoms with Gasteiger partial charge in [0.2, 0.25) is 0 Å². The summed E-state index contributed by atoms with van der Waals surface area (Å²) in [6.07, 6.45) is -0.161. The highest BCUT2D eigenvalue weighted by Gasteiger charge is 2.24. The molecule has 46 heavy (non-hydrogen) atoms. The van der Waals surface area contributed by atoms with Gasteiger partial charge in [-0.05, 0) is 127 Å². The summed E-state index contributed by atoms with van der Waals surface area (Å²) in [6, 6.07) is 5.25. The summed E-state index contributed by atoms with van der Waals surface area (Å²) in [5.41, 5.74) is 0.526. The van der Waals surface area contributed by atoms with Crippen molar-refractivity contribution in [2.45, 2.75) is 12.5 Å². The van der Waals surface area contributed by atoms with Crippen LogP contribution < -0.4 is 30.3 Å². The maximum atomic E-state index is 12.5. The van der Waals surface area contributed by atoms with Gasteiger partial charge in [-0.3, -0.25) is 14.7 Å². The number of benzene rings is 2. The van der Waals surface area contributed by atoms with Crippen molar-refractivity contribution in [3.05, 3.63) is 44.1 Å². The highest BCUT2D eigenvalue weighted by Crippen LogP contribution is 2.37. The van der Waals surface area contributed by atoms with Crippen molar-refractivity contribution >= 4 is 120 Å². The smallest absolute Gasteiger partial charge is 0.154 e. The maximum absolute atomic E-state index is 12.5. The Kier molecular flexibility index (Phi) is 16.9. The Hall–Kier alpha value is -1.81. The summed E-state index contributed by atoms with van der Waals surface area (Å²) in [6.45, 7) is -4.22. The van der Waals surface area contributed by atoms with Gasteiger partial charge in [-0.15, -0.1) is 0 Å². The van der Waals surface area contributed by atoms with Crippen molar-refractivity contribution < 1.29 is 59.3 Å². The first-order chi connectivity index (χ1) is 21.5. The van der Waals surface area contributed by atoms with Crippen LogP contribution in [0.3, 0.4) is 0 Å². The van der Waals surface area contributed by atoms with Gasteiger partial charge >= 0.3 is 0 Å². The van der Waals surface area contributed by atoms with Crippen LogP contribution in [0.25, 0.3) is 0 Å². The van der Waals surface area contributed by atoms with Crippen LogP contribution in [0.2, 0.25) is 0 Å². The van der Waals surface area contributed by atoms with E-state index in [1.54, 1.807) is 24.3 Å². The van der Waals surface area contributed by atoms with Gasteiger partial charge in [0.25, 0.3) is 0 Å². The second-order valence-electron chi connectivity index (χ2n) is 9.71. The molecule has 0 aromatic heterocycles. The maximum Gasteiger partial charge on any atom is 0.154 e. The van der Waals surface area contributed by atoms with Crippen molar-refractivity contribution in [2.75, 3.05) is 52.4 Å². The predicted octanol–water partition coefficient (Wildman–Crippen LogP) is -3.83. The number of aliphatic carboxylic acids is 5. The normalized spacial score (nSPS) is 12.0. The van der Waals surface area contributed by atoms with E-state index in [0.29, 0.717) is 31.3 Å². The van der Waals surface area contributed by atoms with E-state index in [0.717, 1.165) is 9.80 Å². The predicted molar refractivity (Wildman–Crippen MR) is 182 cm³/mol. The number of rotatable bonds is 20. The summed E-state index contributed by atoms with van der Waals surface area (Å²) in [4.78, 5) is 60.3. The van der Waals surface area contributed by atoms with Gasteiger partial charge in [0.05, 0.1) is 50.2 Å². The monoisotopic (exact) mass is 1090 g/mol. The second-order valence-corrected chi connectivity index (χ2v) is 14.4. The van der Waals surface area contributed by atoms with Crippen LogP contribution in [0.1, 0.15) is 5.56 Å². The molecule has 1 atom stereocenters. The quantitative estimate of drug-likeness (QED) is 0.125. The van der Waals surface area contributed by atoms with E-state index in [1.165, 1.54) is 4.90 Å². The fraction of sp³-hybridized carbons (Fsp3) is 0.370. The summed E-state index contributed by atoms with van der Waals surface area (Å²) in [7, 11) is 0. The number of phenols is 1. The fourth-order valence-electron chi connectivity index (χ4n) is 4.25. The van der Waals surface area contributed by atoms with E-state index < -0.39 is 62.1 Å². The first kappa shape index (κ1) is 40.4. The highest BCUT2D eigenvalue weighted by molar-refractivity contribution is 14.1. The van der Waals surface area contributed by atoms with Crippen LogP contribution in [0, 0.1) is 14.3 Å². The summed E-state index contributed by atoms with van der Waals surface area (Å²) < 4.78 is 8.46. The van der Waals surface area contributed by atoms with E-state index >= 15 is 0 Å². The molecule has 0 saturated carbocycles. The molecule has 0 saturated heterocycles. The van der Waals surface area contributed by atoms with Crippen molar-refractivity contribution in [2.24, 2.45) is 0 Å². The van der Waals surface area contributed by atoms with Crippen molar-refractivity contribution in [1.82, 2.24) is 14.7 Å². The second kappa shape index (κ2) is 19.3. The Balaban J connectivity index is 2.40. The Morgan fingerprint density at radius 1 is 0.652 bits per heavy atom. The molecule has 0 aliphatic rings. The number of hydrogen-bond donors (Lipinski definition) is 1. The molecule has 0 fully saturated rings. The molecule has 0 aliphatic carbocycles. The molecule has 252 valence electrons. The number of carboxylic acid groups (broad SMARTS) is 5. The number of hydrogen-bond acceptors (Lipinski definition) is 15. The van der Waals surface area contributed by atoms with Crippen molar-refractivity contribution in [1.29, 1.82) is 0 Å². The molecule has 0 aliphatic heterocycles. The first-order valence-corrected chi connectivity index (χ1v) is 17.3. The molecule has 0 spiro atoms. The molecule has 2 rings (SSSR count). The van der Waals surface area contributed by atoms with Gasteiger partial charge in [0, 0.05) is 52.4 Å². The number of carbonyl (C=O) groups is 5. The van der Waals surface area contributed by atoms with Gasteiger partial charge in [-0.1, -0.05) is 0 Å². The molecule has 1 unspecified atom stereocenters. The minimum absolute atomic E-state index is 0.121. The van der Waals surface area contributed by atoms with Crippen molar-refractivity contribution in [3.63, 3.8) is 0 Å². The number of nitrogens with zero attached hydrogens (tertiary/aromatic N) is 3. The SMILES string of the molecule is O=C([O-])CN(CCN(CCN(CC(=O)[O-])CC(=O)[O-])C(Cc1cc(I)c(Oc2cc(I)c(O)c(I)c2)c(I)c1)C(=O)[O-])CC(=O)[O-]. The summed E-state index contributed by atoms with van der Waals surface area (Å²) in [5, 5.41) is 67.2. The average Bonchev–Trinajstić information content (AvgIpc) is 2.91. The lowest BCUT2D eigenvalue weighted by Crippen LogP contribution is -2.55. The highest BCUT2D eigenvalue weighted by atomic mass is 127. The number of carboxylic acids is 5. The molecule has 15 nitrogen and oxygen atoms in total. The third-order valence-electron chi connectivity index (χ3n) is 6.23. The molecule has 0 amide bonds. The zero-order chi connectivity index (χ0) is 34.7. The topological polar surface area (TPSA) is 240 Å². The Labute approximate surface area is 317 Å². The zero-order valence-electron chi connectivity index (χ0n) is 23.5. The van der Waals surface area contributed by atoms with Crippen LogP contribution in [-0.4, -0.2) is 108 Å². The molecule has 19 heteroatoms. The Morgan fingerprint density at radius 3 is 1.39 bits per heavy atom. The van der Waals surface area contributed by atoms with Crippen LogP contribution >= 0.6 is 90.4 Å². The largest absolute Gasteiger partial charge is 0.549 e. The zero-order valence-corrected chi connectivity index (χ0v) is 32.2. The minimum Gasteiger partial charge on any atom is -0.549 e. The molecular weight excluding hydrogens is 1070 g/mol. The molecule has 2 aromatic carbocycles. The van der Waals surface area contributed by atoms with E-state index in [2.05, 4.69) is 0 Å². The van der Waals surface area contributed by atoms with Crippen molar-refractivity contribution in [3.8, 4) is 17.2 Å². The molecule has 0 heterocycles. The van der Waals surface area contributed by atoms with E-state index in [9.17, 15) is 54.6 Å². The molecular formula is C27H24I4N3O12-5. The van der Waals surface area contributed by atoms with Gasteiger partial charge < -0.3 is 59.3 Å².